The van der Waals surface area contributed by atoms with E-state index in [2.05, 4.69) is 15.8 Å². The number of ether oxygens (including phenoxy) is 3. The predicted molar refractivity (Wildman–Crippen MR) is 136 cm³/mol. The Morgan fingerprint density at radius 1 is 1.03 bits per heavy atom. The summed E-state index contributed by atoms with van der Waals surface area (Å²) in [7, 11) is 4.65. The van der Waals surface area contributed by atoms with Crippen LogP contribution in [0.3, 0.4) is 0 Å². The number of amides is 1. The molecule has 2 heterocycles. The molecule has 10 heteroatoms. The second-order valence-corrected chi connectivity index (χ2v) is 8.17. The smallest absolute Gasteiger partial charge is 0.257 e. The van der Waals surface area contributed by atoms with Crippen LogP contribution in [-0.4, -0.2) is 37.5 Å². The number of nitrogens with one attached hydrogen (secondary N) is 2. The molecule has 0 saturated carbocycles. The molecule has 0 fully saturated rings. The van der Waals surface area contributed by atoms with E-state index in [0.29, 0.717) is 50.8 Å². The fourth-order valence-corrected chi connectivity index (χ4v) is 4.41. The van der Waals surface area contributed by atoms with Gasteiger partial charge in [-0.25, -0.2) is 0 Å². The van der Waals surface area contributed by atoms with Crippen LogP contribution in [0.2, 0.25) is 0 Å². The second-order valence-electron chi connectivity index (χ2n) is 7.78. The molecule has 1 aliphatic heterocycles. The largest absolute Gasteiger partial charge is 0.496 e. The topological polar surface area (TPSA) is 98.1 Å². The highest BCUT2D eigenvalue weighted by molar-refractivity contribution is 7.80. The van der Waals surface area contributed by atoms with E-state index < -0.39 is 6.04 Å². The third-order valence-corrected chi connectivity index (χ3v) is 5.96. The lowest BCUT2D eigenvalue weighted by Gasteiger charge is -2.38. The normalized spacial score (nSPS) is 15.5. The number of aromatic nitrogens is 1. The molecule has 1 amide bonds. The van der Waals surface area contributed by atoms with Crippen molar-refractivity contribution in [3.63, 3.8) is 0 Å². The number of aryl methyl sites for hydroxylation is 1. The lowest BCUT2D eigenvalue weighted by atomic mass is 9.92. The number of carbonyl (C=O) groups is 1. The molecule has 35 heavy (non-hydrogen) atoms. The molecule has 182 valence electrons. The maximum absolute atomic E-state index is 13.7. The van der Waals surface area contributed by atoms with Gasteiger partial charge in [-0.3, -0.25) is 9.69 Å². The van der Waals surface area contributed by atoms with Crippen molar-refractivity contribution >= 4 is 34.7 Å². The van der Waals surface area contributed by atoms with E-state index in [9.17, 15) is 4.79 Å². The van der Waals surface area contributed by atoms with Crippen LogP contribution in [0.5, 0.6) is 17.2 Å². The molecular formula is C25H26N4O5S. The third-order valence-electron chi connectivity index (χ3n) is 5.66. The van der Waals surface area contributed by atoms with Crippen molar-refractivity contribution in [1.82, 2.24) is 10.5 Å². The van der Waals surface area contributed by atoms with Crippen molar-refractivity contribution in [2.45, 2.75) is 19.9 Å². The first kappa shape index (κ1) is 24.1. The van der Waals surface area contributed by atoms with Gasteiger partial charge in [0, 0.05) is 29.1 Å². The summed E-state index contributed by atoms with van der Waals surface area (Å²) in [5.74, 6) is 2.02. The highest BCUT2D eigenvalue weighted by Gasteiger charge is 2.37. The van der Waals surface area contributed by atoms with Gasteiger partial charge in [-0.15, -0.1) is 0 Å². The van der Waals surface area contributed by atoms with Crippen LogP contribution in [0.4, 0.5) is 11.5 Å². The van der Waals surface area contributed by atoms with E-state index in [4.69, 9.17) is 31.0 Å². The molecule has 0 radical (unpaired) electrons. The number of methoxy groups -OCH3 is 3. The van der Waals surface area contributed by atoms with Crippen molar-refractivity contribution in [1.29, 1.82) is 0 Å². The van der Waals surface area contributed by atoms with Gasteiger partial charge in [-0.1, -0.05) is 23.4 Å². The molecule has 2 aromatic carbocycles. The van der Waals surface area contributed by atoms with E-state index in [-0.39, 0.29) is 5.91 Å². The Hall–Kier alpha value is -4.05. The van der Waals surface area contributed by atoms with Crippen LogP contribution in [0.25, 0.3) is 0 Å². The fourth-order valence-electron chi connectivity index (χ4n) is 4.05. The SMILES string of the molecule is COc1cc(OC)c(C2NC(=S)N(c3ccccc3)C(C)=C2C(=O)Nc2cc(C)on2)cc1OC. The Labute approximate surface area is 208 Å². The highest BCUT2D eigenvalue weighted by Crippen LogP contribution is 2.42. The molecule has 1 aliphatic rings. The summed E-state index contributed by atoms with van der Waals surface area (Å²) in [6.45, 7) is 3.60. The summed E-state index contributed by atoms with van der Waals surface area (Å²) < 4.78 is 21.7. The maximum Gasteiger partial charge on any atom is 0.257 e. The molecule has 0 bridgehead atoms. The molecule has 1 aromatic heterocycles. The minimum atomic E-state index is -0.648. The zero-order valence-electron chi connectivity index (χ0n) is 20.0. The van der Waals surface area contributed by atoms with Crippen LogP contribution in [-0.2, 0) is 4.79 Å². The Bertz CT molecular complexity index is 1290. The monoisotopic (exact) mass is 494 g/mol. The average molecular weight is 495 g/mol. The van der Waals surface area contributed by atoms with Gasteiger partial charge < -0.3 is 29.4 Å². The molecule has 1 atom stereocenters. The quantitative estimate of drug-likeness (QED) is 0.464. The third kappa shape index (κ3) is 4.65. The lowest BCUT2D eigenvalue weighted by Crippen LogP contribution is -2.48. The maximum atomic E-state index is 13.7. The van der Waals surface area contributed by atoms with Crippen LogP contribution < -0.4 is 29.7 Å². The van der Waals surface area contributed by atoms with Crippen molar-refractivity contribution < 1.29 is 23.5 Å². The van der Waals surface area contributed by atoms with Crippen LogP contribution >= 0.6 is 12.2 Å². The van der Waals surface area contributed by atoms with Crippen LogP contribution in [0.15, 0.2) is 64.3 Å². The molecular weight excluding hydrogens is 468 g/mol. The molecule has 1 unspecified atom stereocenters. The number of hydrogen-bond acceptors (Lipinski definition) is 7. The summed E-state index contributed by atoms with van der Waals surface area (Å²) in [6, 6.07) is 14.1. The summed E-state index contributed by atoms with van der Waals surface area (Å²) in [6.07, 6.45) is 0. The second kappa shape index (κ2) is 10.1. The van der Waals surface area contributed by atoms with Gasteiger partial charge in [0.25, 0.3) is 5.91 Å². The number of para-hydroxylation sites is 1. The van der Waals surface area contributed by atoms with Gasteiger partial charge >= 0.3 is 0 Å². The number of allylic oxidation sites excluding steroid dienone is 1. The number of thiocarbonyl (C=S) groups is 1. The first-order chi connectivity index (χ1) is 16.9. The molecule has 0 spiro atoms. The summed E-state index contributed by atoms with van der Waals surface area (Å²) >= 11 is 5.75. The van der Waals surface area contributed by atoms with E-state index in [1.54, 1.807) is 46.5 Å². The average Bonchev–Trinajstić information content (AvgIpc) is 3.27. The van der Waals surface area contributed by atoms with Gasteiger partial charge in [-0.05, 0) is 44.3 Å². The summed E-state index contributed by atoms with van der Waals surface area (Å²) in [5.41, 5.74) is 2.55. The molecule has 2 N–H and O–H groups in total. The molecule has 0 aliphatic carbocycles. The standard InChI is InChI=1S/C25H26N4O5S/c1-14-11-21(28-34-14)26-24(30)22-15(2)29(16-9-7-6-8-10-16)25(35)27-23(22)17-12-19(32-4)20(33-5)13-18(17)31-3/h6-13,23H,1-5H3,(H,27,35)(H,26,28,30). The van der Waals surface area contributed by atoms with Gasteiger partial charge in [0.15, 0.2) is 22.4 Å². The number of carbonyl (C=O) groups excluding carboxylic acids is 1. The van der Waals surface area contributed by atoms with E-state index in [1.807, 2.05) is 42.2 Å². The number of anilines is 2. The Balaban J connectivity index is 1.88. The van der Waals surface area contributed by atoms with Gasteiger partial charge in [0.2, 0.25) is 0 Å². The first-order valence-electron chi connectivity index (χ1n) is 10.8. The zero-order chi connectivity index (χ0) is 25.1. The summed E-state index contributed by atoms with van der Waals surface area (Å²) in [5, 5.41) is 10.5. The van der Waals surface area contributed by atoms with Crippen molar-refractivity contribution in [3.05, 3.63) is 71.1 Å². The minimum absolute atomic E-state index is 0.310. The highest BCUT2D eigenvalue weighted by atomic mass is 32.1. The zero-order valence-corrected chi connectivity index (χ0v) is 20.9. The Kier molecular flexibility index (Phi) is 6.92. The predicted octanol–water partition coefficient (Wildman–Crippen LogP) is 4.36. The fraction of sp³-hybridized carbons (Fsp3) is 0.240. The molecule has 0 saturated heterocycles. The molecule has 9 nitrogen and oxygen atoms in total. The van der Waals surface area contributed by atoms with E-state index >= 15 is 0 Å². The lowest BCUT2D eigenvalue weighted by molar-refractivity contribution is -0.113. The van der Waals surface area contributed by atoms with Crippen molar-refractivity contribution in [2.75, 3.05) is 31.5 Å². The Morgan fingerprint density at radius 2 is 1.69 bits per heavy atom. The number of benzene rings is 2. The Morgan fingerprint density at radius 3 is 2.29 bits per heavy atom. The van der Waals surface area contributed by atoms with Crippen molar-refractivity contribution in [2.24, 2.45) is 0 Å². The molecule has 3 aromatic rings. The van der Waals surface area contributed by atoms with E-state index in [1.165, 1.54) is 0 Å². The number of rotatable bonds is 7. The summed E-state index contributed by atoms with van der Waals surface area (Å²) in [4.78, 5) is 15.5. The van der Waals surface area contributed by atoms with Gasteiger partial charge in [-0.2, -0.15) is 0 Å². The molecule has 4 rings (SSSR count). The minimum Gasteiger partial charge on any atom is -0.496 e. The number of hydrogen-bond donors (Lipinski definition) is 2. The van der Waals surface area contributed by atoms with Crippen LogP contribution in [0.1, 0.15) is 24.3 Å². The first-order valence-corrected chi connectivity index (χ1v) is 11.2. The van der Waals surface area contributed by atoms with Crippen LogP contribution in [0, 0.1) is 6.92 Å². The van der Waals surface area contributed by atoms with Gasteiger partial charge in [0.1, 0.15) is 11.5 Å². The number of nitrogens with zero attached hydrogens (tertiary/aromatic N) is 2. The van der Waals surface area contributed by atoms with Gasteiger partial charge in [0.05, 0.1) is 32.9 Å². The van der Waals surface area contributed by atoms with Crippen molar-refractivity contribution in [3.8, 4) is 17.2 Å². The van der Waals surface area contributed by atoms with E-state index in [0.717, 1.165) is 5.69 Å².